The Morgan fingerprint density at radius 1 is 1.28 bits per heavy atom. The number of aromatic amines is 1. The number of halogens is 1. The summed E-state index contributed by atoms with van der Waals surface area (Å²) in [4.78, 5) is 13.2. The number of nitrogens with zero attached hydrogens (tertiary/aromatic N) is 2. The molecule has 0 fully saturated rings. The molecule has 0 radical (unpaired) electrons. The summed E-state index contributed by atoms with van der Waals surface area (Å²) in [6.45, 7) is 3.92. The number of hydrogen-bond acceptors (Lipinski definition) is 4. The van der Waals surface area contributed by atoms with Gasteiger partial charge in [-0.3, -0.25) is 0 Å². The minimum Gasteiger partial charge on any atom is -0.501 e. The number of nitrogens with one attached hydrogen (secondary N) is 1. The topological polar surface area (TPSA) is 50.8 Å². The van der Waals surface area contributed by atoms with E-state index in [0.29, 0.717) is 5.02 Å². The number of aromatic nitrogens is 3. The molecular formula is C19H18ClN3OS. The average Bonchev–Trinajstić information content (AvgIpc) is 3.04. The number of rotatable bonds is 5. The highest BCUT2D eigenvalue weighted by Gasteiger charge is 2.11. The summed E-state index contributed by atoms with van der Waals surface area (Å²) >= 11 is 7.65. The van der Waals surface area contributed by atoms with E-state index >= 15 is 0 Å². The van der Waals surface area contributed by atoms with Crippen LogP contribution < -0.4 is 0 Å². The molecule has 0 unspecified atom stereocenters. The third-order valence-electron chi connectivity index (χ3n) is 3.70. The van der Waals surface area contributed by atoms with E-state index < -0.39 is 0 Å². The van der Waals surface area contributed by atoms with Gasteiger partial charge in [0.15, 0.2) is 0 Å². The third kappa shape index (κ3) is 4.06. The van der Waals surface area contributed by atoms with Crippen LogP contribution >= 0.6 is 23.4 Å². The van der Waals surface area contributed by atoms with Gasteiger partial charge in [-0.15, -0.1) is 0 Å². The first-order valence-electron chi connectivity index (χ1n) is 7.77. The maximum atomic E-state index is 6.08. The Balaban J connectivity index is 2.01. The van der Waals surface area contributed by atoms with Crippen molar-refractivity contribution in [3.8, 4) is 0 Å². The average molecular weight is 372 g/mol. The van der Waals surface area contributed by atoms with Gasteiger partial charge < -0.3 is 9.72 Å². The molecule has 2 aromatic heterocycles. The first-order valence-corrected chi connectivity index (χ1v) is 8.96. The quantitative estimate of drug-likeness (QED) is 0.354. The maximum absolute atomic E-state index is 6.08. The molecule has 0 aliphatic heterocycles. The number of allylic oxidation sites excluding steroid dienone is 4. The Morgan fingerprint density at radius 3 is 2.84 bits per heavy atom. The molecule has 1 aromatic carbocycles. The molecule has 25 heavy (non-hydrogen) atoms. The van der Waals surface area contributed by atoms with Gasteiger partial charge in [-0.05, 0) is 49.8 Å². The van der Waals surface area contributed by atoms with Crippen LogP contribution in [0.5, 0.6) is 0 Å². The lowest BCUT2D eigenvalue weighted by molar-refractivity contribution is 0.294. The Kier molecular flexibility index (Phi) is 5.46. The van der Waals surface area contributed by atoms with Gasteiger partial charge in [0.2, 0.25) is 0 Å². The number of methoxy groups -OCH3 is 1. The van der Waals surface area contributed by atoms with Crippen molar-refractivity contribution in [3.05, 3.63) is 65.3 Å². The fourth-order valence-electron chi connectivity index (χ4n) is 2.39. The summed E-state index contributed by atoms with van der Waals surface area (Å²) in [5.41, 5.74) is 2.82. The van der Waals surface area contributed by atoms with Gasteiger partial charge in [-0.25, -0.2) is 9.97 Å². The Hall–Kier alpha value is -2.24. The molecule has 0 aliphatic carbocycles. The SMILES string of the molecule is C/C=C(\C=C(/C)OC)c1cc2c(Sc3cccc(Cl)c3)ncnc2[nH]1. The molecule has 4 nitrogen and oxygen atoms in total. The van der Waals surface area contributed by atoms with Crippen LogP contribution in [0.25, 0.3) is 16.6 Å². The minimum atomic E-state index is 0.710. The normalized spacial score (nSPS) is 12.6. The van der Waals surface area contributed by atoms with Crippen molar-refractivity contribution in [1.29, 1.82) is 0 Å². The molecule has 0 spiro atoms. The zero-order valence-corrected chi connectivity index (χ0v) is 15.8. The summed E-state index contributed by atoms with van der Waals surface area (Å²) in [5, 5.41) is 2.57. The first-order chi connectivity index (χ1) is 12.1. The van der Waals surface area contributed by atoms with Crippen molar-refractivity contribution in [2.75, 3.05) is 7.11 Å². The number of benzene rings is 1. The van der Waals surface area contributed by atoms with Gasteiger partial charge in [-0.1, -0.05) is 35.5 Å². The van der Waals surface area contributed by atoms with E-state index in [1.54, 1.807) is 25.2 Å². The zero-order valence-electron chi connectivity index (χ0n) is 14.2. The van der Waals surface area contributed by atoms with E-state index in [-0.39, 0.29) is 0 Å². The van der Waals surface area contributed by atoms with Gasteiger partial charge in [0.25, 0.3) is 0 Å². The lowest BCUT2D eigenvalue weighted by atomic mass is 10.1. The highest BCUT2D eigenvalue weighted by Crippen LogP contribution is 2.33. The fraction of sp³-hybridized carbons (Fsp3) is 0.158. The van der Waals surface area contributed by atoms with E-state index in [4.69, 9.17) is 16.3 Å². The highest BCUT2D eigenvalue weighted by atomic mass is 35.5. The molecule has 0 aliphatic rings. The predicted octanol–water partition coefficient (Wildman–Crippen LogP) is 5.72. The van der Waals surface area contributed by atoms with Crippen molar-refractivity contribution >= 4 is 40.0 Å². The molecule has 1 N–H and O–H groups in total. The number of fused-ring (bicyclic) bond motifs is 1. The van der Waals surface area contributed by atoms with Crippen LogP contribution in [0.4, 0.5) is 0 Å². The van der Waals surface area contributed by atoms with Crippen molar-refractivity contribution in [3.63, 3.8) is 0 Å². The van der Waals surface area contributed by atoms with Gasteiger partial charge in [0.1, 0.15) is 17.0 Å². The van der Waals surface area contributed by atoms with Crippen molar-refractivity contribution in [1.82, 2.24) is 15.0 Å². The van der Waals surface area contributed by atoms with E-state index in [1.165, 1.54) is 0 Å². The summed E-state index contributed by atoms with van der Waals surface area (Å²) < 4.78 is 5.25. The second kappa shape index (κ2) is 7.76. The van der Waals surface area contributed by atoms with Crippen molar-refractivity contribution < 1.29 is 4.74 Å². The van der Waals surface area contributed by atoms with Crippen molar-refractivity contribution in [2.24, 2.45) is 0 Å². The Labute approximate surface area is 156 Å². The summed E-state index contributed by atoms with van der Waals surface area (Å²) in [7, 11) is 1.66. The molecule has 0 atom stereocenters. The Bertz CT molecular complexity index is 962. The van der Waals surface area contributed by atoms with Crippen molar-refractivity contribution in [2.45, 2.75) is 23.8 Å². The minimum absolute atomic E-state index is 0.710. The van der Waals surface area contributed by atoms with Gasteiger partial charge >= 0.3 is 0 Å². The summed E-state index contributed by atoms with van der Waals surface area (Å²) in [6, 6.07) is 9.80. The van der Waals surface area contributed by atoms with Crippen LogP contribution in [0.15, 0.2) is 64.5 Å². The van der Waals surface area contributed by atoms with Crippen LogP contribution in [0, 0.1) is 0 Å². The van der Waals surface area contributed by atoms with E-state index in [1.807, 2.05) is 50.3 Å². The third-order valence-corrected chi connectivity index (χ3v) is 4.95. The summed E-state index contributed by atoms with van der Waals surface area (Å²) in [5.74, 6) is 0.839. The zero-order chi connectivity index (χ0) is 17.8. The van der Waals surface area contributed by atoms with Crippen LogP contribution in [0.1, 0.15) is 19.5 Å². The largest absolute Gasteiger partial charge is 0.501 e. The van der Waals surface area contributed by atoms with Crippen LogP contribution in [0.3, 0.4) is 0 Å². The van der Waals surface area contributed by atoms with Crippen LogP contribution in [0.2, 0.25) is 5.02 Å². The lowest BCUT2D eigenvalue weighted by Crippen LogP contribution is -1.85. The maximum Gasteiger partial charge on any atom is 0.142 e. The first kappa shape index (κ1) is 17.6. The van der Waals surface area contributed by atoms with Crippen LogP contribution in [-0.2, 0) is 4.74 Å². The number of ether oxygens (including phenoxy) is 1. The monoisotopic (exact) mass is 371 g/mol. The van der Waals surface area contributed by atoms with Crippen LogP contribution in [-0.4, -0.2) is 22.1 Å². The molecular weight excluding hydrogens is 354 g/mol. The summed E-state index contributed by atoms with van der Waals surface area (Å²) in [6.07, 6.45) is 5.59. The number of H-pyrrole nitrogens is 1. The number of hydrogen-bond donors (Lipinski definition) is 1. The molecule has 0 amide bonds. The van der Waals surface area contributed by atoms with E-state index in [9.17, 15) is 0 Å². The molecule has 0 bridgehead atoms. The fourth-order valence-corrected chi connectivity index (χ4v) is 3.57. The van der Waals surface area contributed by atoms with Gasteiger partial charge in [0.05, 0.1) is 18.3 Å². The molecule has 128 valence electrons. The second-order valence-electron chi connectivity index (χ2n) is 5.39. The lowest BCUT2D eigenvalue weighted by Gasteiger charge is -2.02. The molecule has 0 saturated carbocycles. The molecule has 2 heterocycles. The van der Waals surface area contributed by atoms with Gasteiger partial charge in [0, 0.05) is 15.6 Å². The smallest absolute Gasteiger partial charge is 0.142 e. The second-order valence-corrected chi connectivity index (χ2v) is 6.89. The molecule has 6 heteroatoms. The van der Waals surface area contributed by atoms with E-state index in [2.05, 4.69) is 21.0 Å². The molecule has 3 aromatic rings. The highest BCUT2D eigenvalue weighted by molar-refractivity contribution is 7.99. The van der Waals surface area contributed by atoms with E-state index in [0.717, 1.165) is 38.0 Å². The molecule has 3 rings (SSSR count). The predicted molar refractivity (Wildman–Crippen MR) is 104 cm³/mol. The molecule has 0 saturated heterocycles. The van der Waals surface area contributed by atoms with Gasteiger partial charge in [-0.2, -0.15) is 0 Å². The Morgan fingerprint density at radius 2 is 2.12 bits per heavy atom. The standard InChI is InChI=1S/C19H18ClN3OS/c1-4-13(8-12(2)24-3)17-10-16-18(23-17)21-11-22-19(16)25-15-7-5-6-14(20)9-15/h4-11H,1-3H3,(H,21,22,23)/b12-8+,13-4+.